The quantitative estimate of drug-likeness (QED) is 0.392. The molecule has 2 amide bonds. The van der Waals surface area contributed by atoms with Gasteiger partial charge in [-0.1, -0.05) is 6.07 Å². The van der Waals surface area contributed by atoms with Crippen molar-refractivity contribution in [3.8, 4) is 0 Å². The summed E-state index contributed by atoms with van der Waals surface area (Å²) in [5, 5.41) is 6.99. The van der Waals surface area contributed by atoms with Crippen LogP contribution >= 0.6 is 0 Å². The van der Waals surface area contributed by atoms with E-state index < -0.39 is 58.4 Å². The molecule has 0 saturated heterocycles. The minimum Gasteiger partial charge on any atom is -0.369 e. The van der Waals surface area contributed by atoms with Crippen LogP contribution in [-0.4, -0.2) is 30.5 Å². The van der Waals surface area contributed by atoms with Crippen molar-refractivity contribution in [1.82, 2.24) is 5.32 Å². The van der Waals surface area contributed by atoms with E-state index >= 15 is 0 Å². The highest BCUT2D eigenvalue weighted by molar-refractivity contribution is 6.13. The smallest absolute Gasteiger partial charge is 0.323 e. The maximum Gasteiger partial charge on any atom is 0.323 e. The summed E-state index contributed by atoms with van der Waals surface area (Å²) in [6.45, 7) is 0. The molecule has 0 aromatic heterocycles. The molecule has 4 rings (SSSR count). The predicted molar refractivity (Wildman–Crippen MR) is 105 cm³/mol. The van der Waals surface area contributed by atoms with Gasteiger partial charge in [0.05, 0.1) is 17.2 Å². The third-order valence-electron chi connectivity index (χ3n) is 4.63. The molecular formula is C20H13F4N5O2. The Hall–Kier alpha value is -4.02. The number of hydrogen-bond acceptors (Lipinski definition) is 5. The van der Waals surface area contributed by atoms with Crippen LogP contribution in [-0.2, 0) is 0 Å². The molecule has 2 atom stereocenters. The fourth-order valence-corrected chi connectivity index (χ4v) is 3.19. The lowest BCUT2D eigenvalue weighted by atomic mass is 9.92. The predicted octanol–water partition coefficient (Wildman–Crippen LogP) is 3.61. The van der Waals surface area contributed by atoms with Crippen LogP contribution in [0, 0.1) is 29.2 Å². The summed E-state index contributed by atoms with van der Waals surface area (Å²) in [6, 6.07) is 4.20. The van der Waals surface area contributed by atoms with Crippen molar-refractivity contribution in [1.29, 1.82) is 0 Å². The summed E-state index contributed by atoms with van der Waals surface area (Å²) in [6.07, 6.45) is 3.31. The summed E-state index contributed by atoms with van der Waals surface area (Å²) < 4.78 is 56.7. The average molecular weight is 431 g/mol. The Morgan fingerprint density at radius 2 is 1.84 bits per heavy atom. The molecule has 2 aromatic carbocycles. The summed E-state index contributed by atoms with van der Waals surface area (Å²) in [5.74, 6) is -7.13. The molecule has 2 heterocycles. The first-order valence-electron chi connectivity index (χ1n) is 8.92. The van der Waals surface area contributed by atoms with Crippen molar-refractivity contribution in [2.75, 3.05) is 10.6 Å². The summed E-state index contributed by atoms with van der Waals surface area (Å²) in [4.78, 5) is 32.7. The monoisotopic (exact) mass is 431 g/mol. The van der Waals surface area contributed by atoms with E-state index in [-0.39, 0.29) is 11.3 Å². The van der Waals surface area contributed by atoms with Gasteiger partial charge >= 0.3 is 6.03 Å². The number of nitrogens with one attached hydrogen (secondary N) is 3. The molecule has 3 N–H and O–H groups in total. The van der Waals surface area contributed by atoms with Crippen LogP contribution < -0.4 is 16.0 Å². The largest absolute Gasteiger partial charge is 0.369 e. The van der Waals surface area contributed by atoms with Gasteiger partial charge in [0, 0.05) is 29.7 Å². The molecule has 11 heteroatoms. The summed E-state index contributed by atoms with van der Waals surface area (Å²) >= 11 is 0. The van der Waals surface area contributed by atoms with Crippen LogP contribution in [0.3, 0.4) is 0 Å². The molecule has 0 saturated carbocycles. The number of hydrogen-bond donors (Lipinski definition) is 3. The van der Waals surface area contributed by atoms with Crippen molar-refractivity contribution in [2.45, 2.75) is 6.17 Å². The maximum absolute atomic E-state index is 15.0. The zero-order valence-corrected chi connectivity index (χ0v) is 15.5. The number of urea groups is 1. The van der Waals surface area contributed by atoms with E-state index in [4.69, 9.17) is 0 Å². The Morgan fingerprint density at radius 3 is 2.61 bits per heavy atom. The molecule has 0 spiro atoms. The van der Waals surface area contributed by atoms with E-state index in [2.05, 4.69) is 20.6 Å². The van der Waals surface area contributed by atoms with Crippen molar-refractivity contribution in [3.63, 3.8) is 0 Å². The van der Waals surface area contributed by atoms with Crippen molar-refractivity contribution in [3.05, 3.63) is 70.9 Å². The molecular weight excluding hydrogens is 418 g/mol. The molecule has 0 radical (unpaired) electrons. The van der Waals surface area contributed by atoms with Gasteiger partial charge in [-0.25, -0.2) is 32.3 Å². The zero-order chi connectivity index (χ0) is 22.1. The Morgan fingerprint density at radius 1 is 1.03 bits per heavy atom. The van der Waals surface area contributed by atoms with Crippen molar-refractivity contribution in [2.24, 2.45) is 15.9 Å². The number of fused-ring (bicyclic) bond motifs is 1. The first kappa shape index (κ1) is 20.3. The van der Waals surface area contributed by atoms with E-state index in [0.29, 0.717) is 6.07 Å². The van der Waals surface area contributed by atoms with Crippen LogP contribution in [0.4, 0.5) is 33.7 Å². The zero-order valence-electron chi connectivity index (χ0n) is 15.5. The summed E-state index contributed by atoms with van der Waals surface area (Å²) in [5.41, 5.74) is -1.96. The van der Waals surface area contributed by atoms with Gasteiger partial charge < -0.3 is 16.0 Å². The van der Waals surface area contributed by atoms with Crippen LogP contribution in [0.15, 0.2) is 52.1 Å². The minimum atomic E-state index is -1.70. The van der Waals surface area contributed by atoms with Crippen molar-refractivity contribution < 1.29 is 27.2 Å². The molecule has 7 nitrogen and oxygen atoms in total. The molecule has 31 heavy (non-hydrogen) atoms. The van der Waals surface area contributed by atoms with Gasteiger partial charge in [0.1, 0.15) is 18.3 Å². The Bertz CT molecular complexity index is 1180. The number of carbonyl (C=O) groups is 2. The number of rotatable bonds is 4. The lowest BCUT2D eigenvalue weighted by molar-refractivity contribution is 0.101. The third kappa shape index (κ3) is 3.89. The van der Waals surface area contributed by atoms with Gasteiger partial charge in [0.2, 0.25) is 0 Å². The molecule has 0 aliphatic carbocycles. The first-order chi connectivity index (χ1) is 14.8. The number of benzene rings is 2. The van der Waals surface area contributed by atoms with Crippen LogP contribution in [0.2, 0.25) is 0 Å². The molecule has 2 aliphatic rings. The van der Waals surface area contributed by atoms with Crippen molar-refractivity contribution >= 4 is 35.7 Å². The number of Topliss-reactive ketones (excluding diaryl/α,β-unsaturated/α-hetero) is 1. The van der Waals surface area contributed by atoms with E-state index in [0.717, 1.165) is 12.1 Å². The number of halogens is 4. The van der Waals surface area contributed by atoms with E-state index in [1.54, 1.807) is 0 Å². The number of carbonyl (C=O) groups excluding carboxylic acids is 2. The van der Waals surface area contributed by atoms with E-state index in [9.17, 15) is 27.2 Å². The number of aliphatic imine (C=N–C) groups is 2. The lowest BCUT2D eigenvalue weighted by Gasteiger charge is -2.17. The normalized spacial score (nSPS) is 18.8. The molecule has 2 unspecified atom stereocenters. The Labute approximate surface area is 172 Å². The van der Waals surface area contributed by atoms with E-state index in [1.807, 2.05) is 5.32 Å². The Balaban J connectivity index is 1.61. The highest BCUT2D eigenvalue weighted by Crippen LogP contribution is 2.31. The van der Waals surface area contributed by atoms with Gasteiger partial charge in [-0.2, -0.15) is 0 Å². The second-order valence-electron chi connectivity index (χ2n) is 6.63. The maximum atomic E-state index is 15.0. The van der Waals surface area contributed by atoms with Gasteiger partial charge in [0.25, 0.3) is 0 Å². The fourth-order valence-electron chi connectivity index (χ4n) is 3.19. The molecule has 2 aliphatic heterocycles. The topological polar surface area (TPSA) is 95.0 Å². The highest BCUT2D eigenvalue weighted by Gasteiger charge is 2.37. The second kappa shape index (κ2) is 8.01. The average Bonchev–Trinajstić information content (AvgIpc) is 3.16. The number of nitrogens with zero attached hydrogens (tertiary/aromatic N) is 2. The third-order valence-corrected chi connectivity index (χ3v) is 4.63. The molecule has 2 aromatic rings. The van der Waals surface area contributed by atoms with Gasteiger partial charge in [-0.15, -0.1) is 0 Å². The highest BCUT2D eigenvalue weighted by atomic mass is 19.2. The molecule has 0 bridgehead atoms. The molecule has 158 valence electrons. The minimum absolute atomic E-state index is 0.0437. The Kier molecular flexibility index (Phi) is 5.24. The van der Waals surface area contributed by atoms with Gasteiger partial charge in [-0.3, -0.25) is 4.79 Å². The van der Waals surface area contributed by atoms with Gasteiger partial charge in [-0.05, 0) is 18.2 Å². The van der Waals surface area contributed by atoms with Gasteiger partial charge in [0.15, 0.2) is 23.2 Å². The lowest BCUT2D eigenvalue weighted by Crippen LogP contribution is -2.30. The number of anilines is 2. The van der Waals surface area contributed by atoms with Crippen LogP contribution in [0.5, 0.6) is 0 Å². The van der Waals surface area contributed by atoms with Crippen LogP contribution in [0.25, 0.3) is 0 Å². The summed E-state index contributed by atoms with van der Waals surface area (Å²) in [7, 11) is 0. The fraction of sp³-hybridized carbons (Fsp3) is 0.100. The molecule has 0 fully saturated rings. The SMILES string of the molecule is O=C(Nc1cccc(F)c1)Nc1cc(F)c(F)c(C(=O)C2=CNC3N=CN=CC23)c1F. The van der Waals surface area contributed by atoms with Crippen LogP contribution in [0.1, 0.15) is 10.4 Å². The first-order valence-corrected chi connectivity index (χ1v) is 8.92. The standard InChI is InChI=1S/C20H13F4N5O2/c21-9-2-1-3-10(4-9)28-20(31)29-14-5-13(22)16(23)15(17(14)24)18(30)11-7-26-19-12(11)6-25-8-27-19/h1-8,12,19,26H,(H2,28,29,31). The second-order valence-corrected chi connectivity index (χ2v) is 6.63. The number of ketones is 1. The van der Waals surface area contributed by atoms with E-state index in [1.165, 1.54) is 30.9 Å². The number of amides is 2.